The highest BCUT2D eigenvalue weighted by atomic mass is 16.3. The fourth-order valence-corrected chi connectivity index (χ4v) is 1.62. The van der Waals surface area contributed by atoms with Crippen LogP contribution in [0.25, 0.3) is 0 Å². The number of rotatable bonds is 3. The third-order valence-electron chi connectivity index (χ3n) is 2.27. The summed E-state index contributed by atoms with van der Waals surface area (Å²) in [5, 5.41) is 19.1. The average Bonchev–Trinajstić information content (AvgIpc) is 2.04. The molecule has 0 aliphatic heterocycles. The van der Waals surface area contributed by atoms with Gasteiger partial charge in [-0.25, -0.2) is 0 Å². The molecule has 13 heavy (non-hydrogen) atoms. The topological polar surface area (TPSA) is 40.5 Å². The molecule has 0 saturated heterocycles. The van der Waals surface area contributed by atoms with Gasteiger partial charge in [-0.15, -0.1) is 0 Å². The maximum atomic E-state index is 9.53. The third-order valence-corrected chi connectivity index (χ3v) is 2.27. The molecule has 0 aliphatic rings. The number of phenols is 2. The summed E-state index contributed by atoms with van der Waals surface area (Å²) in [6, 6.07) is 4.87. The maximum Gasteiger partial charge on any atom is 0.122 e. The van der Waals surface area contributed by atoms with Gasteiger partial charge in [0.05, 0.1) is 0 Å². The van der Waals surface area contributed by atoms with Crippen molar-refractivity contribution in [3.05, 3.63) is 23.8 Å². The highest BCUT2D eigenvalue weighted by Crippen LogP contribution is 2.35. The summed E-state index contributed by atoms with van der Waals surface area (Å²) in [4.78, 5) is 0. The smallest absolute Gasteiger partial charge is 0.122 e. The minimum atomic E-state index is 0.195. The second kappa shape index (κ2) is 4.17. The van der Waals surface area contributed by atoms with E-state index in [2.05, 4.69) is 6.92 Å². The minimum Gasteiger partial charge on any atom is -0.508 e. The van der Waals surface area contributed by atoms with Crippen LogP contribution in [-0.2, 0) is 0 Å². The molecule has 2 heteroatoms. The molecule has 0 heterocycles. The number of aromatic hydroxyl groups is 2. The molecule has 0 fully saturated rings. The van der Waals surface area contributed by atoms with Crippen molar-refractivity contribution in [2.75, 3.05) is 0 Å². The number of phenolic OH excluding ortho intramolecular Hbond substituents is 2. The molecule has 0 aromatic heterocycles. The van der Waals surface area contributed by atoms with Crippen LogP contribution in [0.4, 0.5) is 0 Å². The quantitative estimate of drug-likeness (QED) is 0.750. The van der Waals surface area contributed by atoms with Gasteiger partial charge < -0.3 is 10.2 Å². The molecule has 1 rings (SSSR count). The molecule has 0 spiro atoms. The Kier molecular flexibility index (Phi) is 3.18. The summed E-state index contributed by atoms with van der Waals surface area (Å²) in [6.45, 7) is 4.10. The SMILES string of the molecule is CCCC(C)c1c(O)cccc1O. The van der Waals surface area contributed by atoms with E-state index >= 15 is 0 Å². The molecular weight excluding hydrogens is 164 g/mol. The molecule has 72 valence electrons. The van der Waals surface area contributed by atoms with Crippen LogP contribution in [0.15, 0.2) is 18.2 Å². The Balaban J connectivity index is 2.98. The highest BCUT2D eigenvalue weighted by molar-refractivity contribution is 5.45. The fourth-order valence-electron chi connectivity index (χ4n) is 1.62. The summed E-state index contributed by atoms with van der Waals surface area (Å²) in [7, 11) is 0. The molecule has 1 atom stereocenters. The summed E-state index contributed by atoms with van der Waals surface area (Å²) < 4.78 is 0. The molecule has 0 saturated carbocycles. The highest BCUT2D eigenvalue weighted by Gasteiger charge is 2.13. The Hall–Kier alpha value is -1.18. The molecule has 1 aromatic carbocycles. The van der Waals surface area contributed by atoms with E-state index in [-0.39, 0.29) is 17.4 Å². The first kappa shape index (κ1) is 9.90. The van der Waals surface area contributed by atoms with Crippen molar-refractivity contribution in [2.45, 2.75) is 32.6 Å². The van der Waals surface area contributed by atoms with E-state index in [9.17, 15) is 10.2 Å². The van der Waals surface area contributed by atoms with Gasteiger partial charge >= 0.3 is 0 Å². The van der Waals surface area contributed by atoms with E-state index < -0.39 is 0 Å². The Morgan fingerprint density at radius 1 is 1.23 bits per heavy atom. The lowest BCUT2D eigenvalue weighted by atomic mass is 9.95. The Labute approximate surface area is 78.8 Å². The van der Waals surface area contributed by atoms with E-state index in [4.69, 9.17) is 0 Å². The van der Waals surface area contributed by atoms with Gasteiger partial charge in [-0.3, -0.25) is 0 Å². The molecule has 0 bridgehead atoms. The zero-order valence-corrected chi connectivity index (χ0v) is 8.12. The first-order chi connectivity index (χ1) is 6.16. The van der Waals surface area contributed by atoms with Gasteiger partial charge in [-0.2, -0.15) is 0 Å². The molecule has 0 radical (unpaired) electrons. The van der Waals surface area contributed by atoms with Gasteiger partial charge in [0.1, 0.15) is 11.5 Å². The van der Waals surface area contributed by atoms with Crippen molar-refractivity contribution in [2.24, 2.45) is 0 Å². The van der Waals surface area contributed by atoms with E-state index in [0.29, 0.717) is 5.56 Å². The second-order valence-electron chi connectivity index (χ2n) is 3.40. The lowest BCUT2D eigenvalue weighted by molar-refractivity contribution is 0.427. The number of hydrogen-bond donors (Lipinski definition) is 2. The second-order valence-corrected chi connectivity index (χ2v) is 3.40. The normalized spacial score (nSPS) is 12.8. The Bertz CT molecular complexity index is 261. The van der Waals surface area contributed by atoms with Crippen molar-refractivity contribution >= 4 is 0 Å². The van der Waals surface area contributed by atoms with Crippen molar-refractivity contribution in [3.8, 4) is 11.5 Å². The van der Waals surface area contributed by atoms with Gasteiger partial charge in [-0.05, 0) is 24.5 Å². The Morgan fingerprint density at radius 3 is 2.23 bits per heavy atom. The summed E-state index contributed by atoms with van der Waals surface area (Å²) >= 11 is 0. The zero-order chi connectivity index (χ0) is 9.84. The van der Waals surface area contributed by atoms with Crippen molar-refractivity contribution in [1.82, 2.24) is 0 Å². The predicted octanol–water partition coefficient (Wildman–Crippen LogP) is 3.00. The van der Waals surface area contributed by atoms with Gasteiger partial charge in [0.25, 0.3) is 0 Å². The molecular formula is C11H16O2. The van der Waals surface area contributed by atoms with Crippen LogP contribution in [0.3, 0.4) is 0 Å². The predicted molar refractivity (Wildman–Crippen MR) is 53.1 cm³/mol. The lowest BCUT2D eigenvalue weighted by Gasteiger charge is -2.13. The van der Waals surface area contributed by atoms with Crippen molar-refractivity contribution in [3.63, 3.8) is 0 Å². The largest absolute Gasteiger partial charge is 0.508 e. The van der Waals surface area contributed by atoms with E-state index in [0.717, 1.165) is 12.8 Å². The molecule has 1 aromatic rings. The van der Waals surface area contributed by atoms with E-state index in [1.165, 1.54) is 0 Å². The van der Waals surface area contributed by atoms with Crippen LogP contribution in [-0.4, -0.2) is 10.2 Å². The van der Waals surface area contributed by atoms with Crippen molar-refractivity contribution < 1.29 is 10.2 Å². The van der Waals surface area contributed by atoms with E-state index in [1.54, 1.807) is 18.2 Å². The van der Waals surface area contributed by atoms with Crippen LogP contribution in [0.1, 0.15) is 38.2 Å². The molecule has 1 unspecified atom stereocenters. The summed E-state index contributed by atoms with van der Waals surface area (Å²) in [5.41, 5.74) is 0.671. The van der Waals surface area contributed by atoms with Crippen LogP contribution in [0.5, 0.6) is 11.5 Å². The fraction of sp³-hybridized carbons (Fsp3) is 0.455. The first-order valence-electron chi connectivity index (χ1n) is 4.67. The zero-order valence-electron chi connectivity index (χ0n) is 8.12. The average molecular weight is 180 g/mol. The van der Waals surface area contributed by atoms with Crippen LogP contribution in [0, 0.1) is 0 Å². The summed E-state index contributed by atoms with van der Waals surface area (Å²) in [5.74, 6) is 0.605. The van der Waals surface area contributed by atoms with Crippen LogP contribution in [0.2, 0.25) is 0 Å². The third kappa shape index (κ3) is 2.14. The van der Waals surface area contributed by atoms with Crippen LogP contribution >= 0.6 is 0 Å². The monoisotopic (exact) mass is 180 g/mol. The number of hydrogen-bond acceptors (Lipinski definition) is 2. The lowest BCUT2D eigenvalue weighted by Crippen LogP contribution is -1.93. The first-order valence-corrected chi connectivity index (χ1v) is 4.67. The van der Waals surface area contributed by atoms with Gasteiger partial charge in [0.15, 0.2) is 0 Å². The van der Waals surface area contributed by atoms with Gasteiger partial charge in [0.2, 0.25) is 0 Å². The minimum absolute atomic E-state index is 0.195. The van der Waals surface area contributed by atoms with Gasteiger partial charge in [-0.1, -0.05) is 26.3 Å². The maximum absolute atomic E-state index is 9.53. The van der Waals surface area contributed by atoms with Gasteiger partial charge in [0, 0.05) is 5.56 Å². The molecule has 0 aliphatic carbocycles. The standard InChI is InChI=1S/C11H16O2/c1-3-5-8(2)11-9(12)6-4-7-10(11)13/h4,6-8,12-13H,3,5H2,1-2H3. The van der Waals surface area contributed by atoms with E-state index in [1.807, 2.05) is 6.92 Å². The molecule has 2 nitrogen and oxygen atoms in total. The molecule has 0 amide bonds. The number of benzene rings is 1. The Morgan fingerprint density at radius 2 is 1.77 bits per heavy atom. The van der Waals surface area contributed by atoms with Crippen molar-refractivity contribution in [1.29, 1.82) is 0 Å². The summed E-state index contributed by atoms with van der Waals surface area (Å²) in [6.07, 6.45) is 2.03. The van der Waals surface area contributed by atoms with Crippen LogP contribution < -0.4 is 0 Å². The molecule has 2 N–H and O–H groups in total.